The minimum atomic E-state index is -0.0378. The van der Waals surface area contributed by atoms with E-state index in [2.05, 4.69) is 23.3 Å². The van der Waals surface area contributed by atoms with Gasteiger partial charge in [0.1, 0.15) is 0 Å². The normalized spacial score (nSPS) is 12.1. The second-order valence-corrected chi connectivity index (χ2v) is 4.03. The second kappa shape index (κ2) is 6.48. The molecule has 1 unspecified atom stereocenters. The summed E-state index contributed by atoms with van der Waals surface area (Å²) in [4.78, 5) is 11.5. The molecule has 82 valence electrons. The van der Waals surface area contributed by atoms with E-state index in [0.29, 0.717) is 12.1 Å². The Morgan fingerprint density at radius 2 is 2.00 bits per heavy atom. The Morgan fingerprint density at radius 3 is 2.60 bits per heavy atom. The highest BCUT2D eigenvalue weighted by Crippen LogP contribution is 1.97. The standard InChI is InChI=1S/C11H16N2OS/c1-9(15)12-7-8-13-11(14)10-5-3-2-4-6-10/h2-6,9,12,15H,7-8H2,1H3,(H,13,14). The van der Waals surface area contributed by atoms with Crippen LogP contribution in [0, 0.1) is 0 Å². The van der Waals surface area contributed by atoms with Gasteiger partial charge in [0.25, 0.3) is 5.91 Å². The molecule has 0 fully saturated rings. The molecule has 0 aliphatic rings. The lowest BCUT2D eigenvalue weighted by atomic mass is 10.2. The minimum Gasteiger partial charge on any atom is -0.351 e. The van der Waals surface area contributed by atoms with Gasteiger partial charge in [-0.2, -0.15) is 12.6 Å². The monoisotopic (exact) mass is 224 g/mol. The van der Waals surface area contributed by atoms with E-state index in [-0.39, 0.29) is 11.3 Å². The van der Waals surface area contributed by atoms with E-state index in [1.807, 2.05) is 25.1 Å². The Morgan fingerprint density at radius 1 is 1.33 bits per heavy atom. The number of amides is 1. The van der Waals surface area contributed by atoms with Gasteiger partial charge in [0.05, 0.1) is 0 Å². The zero-order valence-electron chi connectivity index (χ0n) is 8.73. The number of rotatable bonds is 5. The maximum absolute atomic E-state index is 11.5. The molecule has 15 heavy (non-hydrogen) atoms. The maximum atomic E-state index is 11.5. The van der Waals surface area contributed by atoms with E-state index in [9.17, 15) is 4.79 Å². The number of nitrogens with one attached hydrogen (secondary N) is 2. The van der Waals surface area contributed by atoms with Crippen molar-refractivity contribution in [1.82, 2.24) is 10.6 Å². The number of hydrogen-bond donors (Lipinski definition) is 3. The Balaban J connectivity index is 2.25. The van der Waals surface area contributed by atoms with Crippen LogP contribution in [0.5, 0.6) is 0 Å². The van der Waals surface area contributed by atoms with Crippen molar-refractivity contribution in [3.63, 3.8) is 0 Å². The molecular weight excluding hydrogens is 208 g/mol. The summed E-state index contributed by atoms with van der Waals surface area (Å²) in [5, 5.41) is 6.07. The summed E-state index contributed by atoms with van der Waals surface area (Å²) in [5.74, 6) is -0.0378. The van der Waals surface area contributed by atoms with E-state index < -0.39 is 0 Å². The Labute approximate surface area is 95.7 Å². The van der Waals surface area contributed by atoms with Gasteiger partial charge < -0.3 is 10.6 Å². The zero-order chi connectivity index (χ0) is 11.1. The van der Waals surface area contributed by atoms with Crippen molar-refractivity contribution < 1.29 is 4.79 Å². The van der Waals surface area contributed by atoms with Gasteiger partial charge in [0.15, 0.2) is 0 Å². The number of benzene rings is 1. The molecule has 0 bridgehead atoms. The molecule has 0 heterocycles. The first-order chi connectivity index (χ1) is 7.20. The number of thiol groups is 1. The van der Waals surface area contributed by atoms with Gasteiger partial charge in [0, 0.05) is 24.0 Å². The number of carbonyl (C=O) groups excluding carboxylic acids is 1. The molecule has 0 spiro atoms. The van der Waals surface area contributed by atoms with Crippen LogP contribution in [0.4, 0.5) is 0 Å². The molecular formula is C11H16N2OS. The first kappa shape index (κ1) is 12.1. The van der Waals surface area contributed by atoms with E-state index >= 15 is 0 Å². The first-order valence-corrected chi connectivity index (χ1v) is 5.46. The quantitative estimate of drug-likeness (QED) is 0.401. The molecule has 1 aromatic rings. The molecule has 4 heteroatoms. The fraction of sp³-hybridized carbons (Fsp3) is 0.364. The topological polar surface area (TPSA) is 41.1 Å². The van der Waals surface area contributed by atoms with Crippen molar-refractivity contribution >= 4 is 18.5 Å². The van der Waals surface area contributed by atoms with Gasteiger partial charge in [-0.25, -0.2) is 0 Å². The summed E-state index contributed by atoms with van der Waals surface area (Å²) in [6, 6.07) is 9.18. The fourth-order valence-corrected chi connectivity index (χ4v) is 1.28. The van der Waals surface area contributed by atoms with Gasteiger partial charge in [-0.15, -0.1) is 0 Å². The lowest BCUT2D eigenvalue weighted by Crippen LogP contribution is -2.33. The predicted molar refractivity (Wildman–Crippen MR) is 65.2 cm³/mol. The maximum Gasteiger partial charge on any atom is 0.251 e. The molecule has 3 nitrogen and oxygen atoms in total. The summed E-state index contributed by atoms with van der Waals surface area (Å²) >= 11 is 4.17. The van der Waals surface area contributed by atoms with Crippen LogP contribution in [-0.2, 0) is 0 Å². The van der Waals surface area contributed by atoms with Crippen LogP contribution in [-0.4, -0.2) is 24.4 Å². The zero-order valence-corrected chi connectivity index (χ0v) is 9.63. The van der Waals surface area contributed by atoms with Crippen molar-refractivity contribution in [3.8, 4) is 0 Å². The van der Waals surface area contributed by atoms with Crippen LogP contribution in [0.15, 0.2) is 30.3 Å². The Kier molecular flexibility index (Phi) is 5.21. The summed E-state index contributed by atoms with van der Waals surface area (Å²) in [7, 11) is 0. The van der Waals surface area contributed by atoms with E-state index in [1.54, 1.807) is 12.1 Å². The van der Waals surface area contributed by atoms with Gasteiger partial charge in [-0.05, 0) is 19.1 Å². The van der Waals surface area contributed by atoms with Crippen LogP contribution in [0.25, 0.3) is 0 Å². The fourth-order valence-electron chi connectivity index (χ4n) is 1.15. The smallest absolute Gasteiger partial charge is 0.251 e. The third-order valence-electron chi connectivity index (χ3n) is 1.89. The summed E-state index contributed by atoms with van der Waals surface area (Å²) in [6.07, 6.45) is 0. The second-order valence-electron chi connectivity index (χ2n) is 3.25. The molecule has 1 amide bonds. The highest BCUT2D eigenvalue weighted by molar-refractivity contribution is 7.80. The van der Waals surface area contributed by atoms with Crippen LogP contribution in [0.2, 0.25) is 0 Å². The SMILES string of the molecule is CC(S)NCCNC(=O)c1ccccc1. The van der Waals surface area contributed by atoms with Crippen molar-refractivity contribution in [2.75, 3.05) is 13.1 Å². The van der Waals surface area contributed by atoms with Crippen molar-refractivity contribution in [2.24, 2.45) is 0 Å². The molecule has 0 saturated carbocycles. The predicted octanol–water partition coefficient (Wildman–Crippen LogP) is 1.28. The highest BCUT2D eigenvalue weighted by Gasteiger charge is 2.02. The highest BCUT2D eigenvalue weighted by atomic mass is 32.1. The minimum absolute atomic E-state index is 0.0378. The van der Waals surface area contributed by atoms with Crippen LogP contribution < -0.4 is 10.6 Å². The third-order valence-corrected chi connectivity index (χ3v) is 2.07. The first-order valence-electron chi connectivity index (χ1n) is 4.95. The average Bonchev–Trinajstić information content (AvgIpc) is 2.25. The molecule has 1 rings (SSSR count). The lowest BCUT2D eigenvalue weighted by molar-refractivity contribution is 0.0954. The molecule has 2 N–H and O–H groups in total. The number of hydrogen-bond acceptors (Lipinski definition) is 3. The van der Waals surface area contributed by atoms with Crippen molar-refractivity contribution in [1.29, 1.82) is 0 Å². The molecule has 0 radical (unpaired) electrons. The third kappa shape index (κ3) is 4.85. The van der Waals surface area contributed by atoms with Crippen molar-refractivity contribution in [3.05, 3.63) is 35.9 Å². The molecule has 0 aliphatic heterocycles. The Bertz CT molecular complexity index is 301. The van der Waals surface area contributed by atoms with E-state index in [0.717, 1.165) is 6.54 Å². The van der Waals surface area contributed by atoms with Crippen LogP contribution in [0.1, 0.15) is 17.3 Å². The van der Waals surface area contributed by atoms with Crippen molar-refractivity contribution in [2.45, 2.75) is 12.3 Å². The molecule has 0 saturated heterocycles. The molecule has 0 aromatic heterocycles. The number of carbonyl (C=O) groups is 1. The molecule has 1 atom stereocenters. The lowest BCUT2D eigenvalue weighted by Gasteiger charge is -2.08. The molecule has 0 aliphatic carbocycles. The van der Waals surface area contributed by atoms with Gasteiger partial charge in [-0.3, -0.25) is 4.79 Å². The average molecular weight is 224 g/mol. The van der Waals surface area contributed by atoms with Gasteiger partial charge >= 0.3 is 0 Å². The summed E-state index contributed by atoms with van der Waals surface area (Å²) in [5.41, 5.74) is 0.691. The van der Waals surface area contributed by atoms with Crippen LogP contribution >= 0.6 is 12.6 Å². The van der Waals surface area contributed by atoms with E-state index in [1.165, 1.54) is 0 Å². The van der Waals surface area contributed by atoms with Gasteiger partial charge in [0.2, 0.25) is 0 Å². The Hall–Kier alpha value is -1.00. The largest absolute Gasteiger partial charge is 0.351 e. The summed E-state index contributed by atoms with van der Waals surface area (Å²) in [6.45, 7) is 3.28. The van der Waals surface area contributed by atoms with E-state index in [4.69, 9.17) is 0 Å². The van der Waals surface area contributed by atoms with Crippen LogP contribution in [0.3, 0.4) is 0 Å². The molecule has 1 aromatic carbocycles. The summed E-state index contributed by atoms with van der Waals surface area (Å²) < 4.78 is 0. The van der Waals surface area contributed by atoms with Gasteiger partial charge in [-0.1, -0.05) is 18.2 Å².